The van der Waals surface area contributed by atoms with Crippen molar-refractivity contribution in [3.05, 3.63) is 29.8 Å². The highest BCUT2D eigenvalue weighted by atomic mass is 32.2. The Morgan fingerprint density at radius 1 is 1.39 bits per heavy atom. The molecule has 0 bridgehead atoms. The summed E-state index contributed by atoms with van der Waals surface area (Å²) in [7, 11) is -3.39. The van der Waals surface area contributed by atoms with Crippen LogP contribution in [-0.2, 0) is 10.0 Å². The molecular formula is C13H16N2O2S. The van der Waals surface area contributed by atoms with Crippen molar-refractivity contribution in [3.8, 4) is 0 Å². The Balaban J connectivity index is 1.88. The molecule has 1 aliphatic carbocycles. The average molecular weight is 264 g/mol. The van der Waals surface area contributed by atoms with Gasteiger partial charge in [0.1, 0.15) is 5.84 Å². The van der Waals surface area contributed by atoms with E-state index in [0.717, 1.165) is 5.92 Å². The summed E-state index contributed by atoms with van der Waals surface area (Å²) in [5.74, 6) is 1.82. The Hall–Kier alpha value is -1.36. The minimum atomic E-state index is -3.39. The van der Waals surface area contributed by atoms with Crippen molar-refractivity contribution < 1.29 is 8.42 Å². The molecule has 0 aromatic heterocycles. The van der Waals surface area contributed by atoms with E-state index in [4.69, 9.17) is 0 Å². The molecule has 5 heteroatoms. The summed E-state index contributed by atoms with van der Waals surface area (Å²) < 4.78 is 26.3. The molecule has 1 aromatic carbocycles. The van der Waals surface area contributed by atoms with Crippen LogP contribution in [0.5, 0.6) is 0 Å². The molecule has 1 heterocycles. The summed E-state index contributed by atoms with van der Waals surface area (Å²) in [5.41, 5.74) is 0.695. The van der Waals surface area contributed by atoms with Crippen LogP contribution in [0.2, 0.25) is 0 Å². The molecule has 1 aromatic rings. The van der Waals surface area contributed by atoms with Crippen LogP contribution in [0, 0.1) is 11.8 Å². The van der Waals surface area contributed by atoms with E-state index in [-0.39, 0.29) is 0 Å². The minimum Gasteiger partial charge on any atom is -0.267 e. The van der Waals surface area contributed by atoms with E-state index in [9.17, 15) is 8.42 Å². The number of fused-ring (bicyclic) bond motifs is 1. The summed E-state index contributed by atoms with van der Waals surface area (Å²) in [6, 6.07) is 6.98. The number of benzene rings is 1. The van der Waals surface area contributed by atoms with Gasteiger partial charge < -0.3 is 0 Å². The molecule has 0 amide bonds. The molecule has 96 valence electrons. The largest absolute Gasteiger partial charge is 0.267 e. The Kier molecular flexibility index (Phi) is 2.66. The molecule has 1 atom stereocenters. The predicted octanol–water partition coefficient (Wildman–Crippen LogP) is 1.77. The number of nitrogens with one attached hydrogen (secondary N) is 1. The first-order valence-electron chi connectivity index (χ1n) is 6.24. The maximum Gasteiger partial charge on any atom is 0.263 e. The zero-order valence-electron chi connectivity index (χ0n) is 10.3. The van der Waals surface area contributed by atoms with Crippen LogP contribution in [0.15, 0.2) is 34.2 Å². The van der Waals surface area contributed by atoms with Gasteiger partial charge in [-0.15, -0.1) is 0 Å². The van der Waals surface area contributed by atoms with E-state index < -0.39 is 10.0 Å². The van der Waals surface area contributed by atoms with Gasteiger partial charge in [-0.05, 0) is 36.8 Å². The first-order chi connectivity index (χ1) is 8.58. The Morgan fingerprint density at radius 2 is 2.11 bits per heavy atom. The van der Waals surface area contributed by atoms with E-state index in [0.29, 0.717) is 28.8 Å². The zero-order valence-corrected chi connectivity index (χ0v) is 11.1. The summed E-state index contributed by atoms with van der Waals surface area (Å²) >= 11 is 0. The van der Waals surface area contributed by atoms with Crippen LogP contribution < -0.4 is 4.72 Å². The van der Waals surface area contributed by atoms with Crippen molar-refractivity contribution in [3.63, 3.8) is 0 Å². The lowest BCUT2D eigenvalue weighted by Crippen LogP contribution is -2.23. The number of hydrogen-bond donors (Lipinski definition) is 1. The highest BCUT2D eigenvalue weighted by Gasteiger charge is 2.31. The lowest BCUT2D eigenvalue weighted by atomic mass is 10.1. The monoisotopic (exact) mass is 264 g/mol. The van der Waals surface area contributed by atoms with Crippen LogP contribution in [0.1, 0.15) is 25.3 Å². The molecule has 0 spiro atoms. The van der Waals surface area contributed by atoms with E-state index in [1.54, 1.807) is 18.2 Å². The number of sulfonamides is 1. The smallest absolute Gasteiger partial charge is 0.263 e. The first-order valence-corrected chi connectivity index (χ1v) is 7.73. The van der Waals surface area contributed by atoms with Crippen molar-refractivity contribution in [1.29, 1.82) is 0 Å². The fourth-order valence-electron chi connectivity index (χ4n) is 2.30. The zero-order chi connectivity index (χ0) is 12.8. The number of hydrogen-bond acceptors (Lipinski definition) is 3. The molecular weight excluding hydrogens is 248 g/mol. The summed E-state index contributed by atoms with van der Waals surface area (Å²) in [6.07, 6.45) is 2.57. The Morgan fingerprint density at radius 3 is 2.83 bits per heavy atom. The van der Waals surface area contributed by atoms with Crippen LogP contribution in [0.3, 0.4) is 0 Å². The van der Waals surface area contributed by atoms with Crippen molar-refractivity contribution in [1.82, 2.24) is 4.72 Å². The van der Waals surface area contributed by atoms with Gasteiger partial charge in [-0.1, -0.05) is 19.1 Å². The van der Waals surface area contributed by atoms with Crippen molar-refractivity contribution in [2.75, 3.05) is 6.54 Å². The summed E-state index contributed by atoms with van der Waals surface area (Å²) in [5, 5.41) is 0. The van der Waals surface area contributed by atoms with E-state index in [1.807, 2.05) is 6.07 Å². The van der Waals surface area contributed by atoms with E-state index in [1.165, 1.54) is 12.8 Å². The summed E-state index contributed by atoms with van der Waals surface area (Å²) in [4.78, 5) is 4.78. The fraction of sp³-hybridized carbons (Fsp3) is 0.462. The first kappa shape index (κ1) is 11.7. The molecule has 18 heavy (non-hydrogen) atoms. The van der Waals surface area contributed by atoms with Crippen molar-refractivity contribution in [2.24, 2.45) is 16.8 Å². The molecule has 0 radical (unpaired) electrons. The number of rotatable bonds is 3. The molecule has 0 saturated heterocycles. The highest BCUT2D eigenvalue weighted by molar-refractivity contribution is 7.90. The van der Waals surface area contributed by atoms with Crippen molar-refractivity contribution in [2.45, 2.75) is 24.7 Å². The van der Waals surface area contributed by atoms with Gasteiger partial charge in [-0.2, -0.15) is 0 Å². The molecule has 4 nitrogen and oxygen atoms in total. The van der Waals surface area contributed by atoms with Gasteiger partial charge in [0.05, 0.1) is 4.90 Å². The molecule has 1 fully saturated rings. The lowest BCUT2D eigenvalue weighted by molar-refractivity contribution is 0.522. The fourth-order valence-corrected chi connectivity index (χ4v) is 3.55. The lowest BCUT2D eigenvalue weighted by Gasteiger charge is -2.06. The van der Waals surface area contributed by atoms with Gasteiger partial charge in [0.15, 0.2) is 0 Å². The Bertz CT molecular complexity index is 603. The van der Waals surface area contributed by atoms with Crippen molar-refractivity contribution >= 4 is 15.9 Å². The molecule has 3 rings (SSSR count). The predicted molar refractivity (Wildman–Crippen MR) is 70.1 cm³/mol. The molecule has 1 unspecified atom stereocenters. The number of nitrogens with zero attached hydrogens (tertiary/aromatic N) is 1. The summed E-state index contributed by atoms with van der Waals surface area (Å²) in [6.45, 7) is 2.87. The van der Waals surface area contributed by atoms with Gasteiger partial charge in [0.25, 0.3) is 10.0 Å². The van der Waals surface area contributed by atoms with Crippen LogP contribution in [-0.4, -0.2) is 20.8 Å². The second-order valence-corrected chi connectivity index (χ2v) is 6.76. The standard InChI is InChI=1S/C13H16N2O2S/c1-9(10-6-7-10)8-14-13-11-4-2-3-5-12(11)18(16,17)15-13/h2-5,9-10H,6-8H2,1H3,(H,14,15). The normalized spacial score (nSPS) is 24.6. The average Bonchev–Trinajstić information content (AvgIpc) is 3.15. The number of amidine groups is 1. The second kappa shape index (κ2) is 4.09. The molecule has 1 saturated carbocycles. The second-order valence-electron chi connectivity index (χ2n) is 5.11. The Labute approximate surface area is 107 Å². The van der Waals surface area contributed by atoms with Gasteiger partial charge in [0.2, 0.25) is 0 Å². The molecule has 2 aliphatic rings. The van der Waals surface area contributed by atoms with Crippen LogP contribution in [0.4, 0.5) is 0 Å². The highest BCUT2D eigenvalue weighted by Crippen LogP contribution is 2.36. The van der Waals surface area contributed by atoms with E-state index in [2.05, 4.69) is 16.6 Å². The topological polar surface area (TPSA) is 58.5 Å². The third-order valence-electron chi connectivity index (χ3n) is 3.63. The molecule has 1 aliphatic heterocycles. The SMILES string of the molecule is CC(CN=C1NS(=O)(=O)c2ccccc21)C1CC1. The minimum absolute atomic E-state index is 0.336. The third-order valence-corrected chi connectivity index (χ3v) is 5.02. The number of aliphatic imine (C=N–C) groups is 1. The van der Waals surface area contributed by atoms with Gasteiger partial charge in [0, 0.05) is 12.1 Å². The molecule has 1 N–H and O–H groups in total. The van der Waals surface area contributed by atoms with Crippen LogP contribution >= 0.6 is 0 Å². The van der Waals surface area contributed by atoms with Crippen LogP contribution in [0.25, 0.3) is 0 Å². The third kappa shape index (κ3) is 2.03. The van der Waals surface area contributed by atoms with Gasteiger partial charge >= 0.3 is 0 Å². The van der Waals surface area contributed by atoms with E-state index >= 15 is 0 Å². The van der Waals surface area contributed by atoms with Gasteiger partial charge in [-0.3, -0.25) is 9.71 Å². The maximum absolute atomic E-state index is 11.9. The quantitative estimate of drug-likeness (QED) is 0.904. The maximum atomic E-state index is 11.9. The van der Waals surface area contributed by atoms with Gasteiger partial charge in [-0.25, -0.2) is 8.42 Å².